The highest BCUT2D eigenvalue weighted by molar-refractivity contribution is 5.49. The van der Waals surface area contributed by atoms with E-state index in [9.17, 15) is 0 Å². The minimum Gasteiger partial charge on any atom is -0.687 e. The molecule has 0 aromatic heterocycles. The number of benzene rings is 1. The van der Waals surface area contributed by atoms with Gasteiger partial charge in [-0.05, 0) is 5.56 Å². The molecular weight excluding hydrogens is 124 g/mol. The number of hydrogen-bond donors (Lipinski definition) is 1. The van der Waals surface area contributed by atoms with Crippen LogP contribution < -0.4 is 5.73 Å². The molecule has 0 fully saturated rings. The summed E-state index contributed by atoms with van der Waals surface area (Å²) < 4.78 is 0. The molecule has 0 radical (unpaired) electrons. The summed E-state index contributed by atoms with van der Waals surface area (Å²) in [5.74, 6) is 0. The molecule has 0 aliphatic carbocycles. The van der Waals surface area contributed by atoms with Crippen molar-refractivity contribution in [3.05, 3.63) is 35.1 Å². The third-order valence-corrected chi connectivity index (χ3v) is 1.40. The van der Waals surface area contributed by atoms with Crippen LogP contribution in [0.25, 0.3) is 5.32 Å². The van der Waals surface area contributed by atoms with E-state index in [1.54, 1.807) is 7.05 Å². The molecule has 2 heteroatoms. The SMILES string of the molecule is C[N-]c1cccc(CN)c1. The third-order valence-electron chi connectivity index (χ3n) is 1.40. The molecular formula is C8H11N2-. The molecule has 2 N–H and O–H groups in total. The van der Waals surface area contributed by atoms with E-state index in [0.717, 1.165) is 11.3 Å². The van der Waals surface area contributed by atoms with Gasteiger partial charge in [0, 0.05) is 6.54 Å². The van der Waals surface area contributed by atoms with Crippen LogP contribution in [-0.4, -0.2) is 7.05 Å². The highest BCUT2D eigenvalue weighted by atomic mass is 14.8. The monoisotopic (exact) mass is 135 g/mol. The molecule has 0 atom stereocenters. The van der Waals surface area contributed by atoms with Crippen LogP contribution in [0.2, 0.25) is 0 Å². The first-order chi connectivity index (χ1) is 4.86. The Labute approximate surface area is 61.1 Å². The molecule has 0 aliphatic rings. The van der Waals surface area contributed by atoms with Gasteiger partial charge in [0.1, 0.15) is 0 Å². The largest absolute Gasteiger partial charge is 0.687 e. The molecule has 0 amide bonds. The molecule has 1 rings (SSSR count). The van der Waals surface area contributed by atoms with E-state index in [1.165, 1.54) is 0 Å². The van der Waals surface area contributed by atoms with Gasteiger partial charge in [0.25, 0.3) is 0 Å². The van der Waals surface area contributed by atoms with Gasteiger partial charge in [-0.1, -0.05) is 24.3 Å². The van der Waals surface area contributed by atoms with Gasteiger partial charge in [0.2, 0.25) is 0 Å². The lowest BCUT2D eigenvalue weighted by Crippen LogP contribution is -1.94. The summed E-state index contributed by atoms with van der Waals surface area (Å²) >= 11 is 0. The summed E-state index contributed by atoms with van der Waals surface area (Å²) in [6, 6.07) is 7.90. The number of nitrogens with zero attached hydrogens (tertiary/aromatic N) is 1. The Kier molecular flexibility index (Phi) is 2.29. The zero-order chi connectivity index (χ0) is 7.40. The molecule has 0 spiro atoms. The van der Waals surface area contributed by atoms with Gasteiger partial charge in [-0.2, -0.15) is 0 Å². The second kappa shape index (κ2) is 3.22. The number of rotatable bonds is 2. The standard InChI is InChI=1S/C8H11N2/c1-10-8-4-2-3-7(5-8)6-9/h2-5H,6,9H2,1H3/q-1. The summed E-state index contributed by atoms with van der Waals surface area (Å²) in [5, 5.41) is 4.02. The van der Waals surface area contributed by atoms with Crippen LogP contribution >= 0.6 is 0 Å². The van der Waals surface area contributed by atoms with Crippen molar-refractivity contribution in [3.63, 3.8) is 0 Å². The lowest BCUT2D eigenvalue weighted by Gasteiger charge is -2.13. The van der Waals surface area contributed by atoms with Gasteiger partial charge in [-0.25, -0.2) is 0 Å². The van der Waals surface area contributed by atoms with Gasteiger partial charge >= 0.3 is 0 Å². The summed E-state index contributed by atoms with van der Waals surface area (Å²) in [6.45, 7) is 0.587. The first-order valence-corrected chi connectivity index (χ1v) is 3.25. The van der Waals surface area contributed by atoms with Gasteiger partial charge in [0.15, 0.2) is 0 Å². The highest BCUT2D eigenvalue weighted by Gasteiger charge is 1.83. The molecule has 0 unspecified atom stereocenters. The van der Waals surface area contributed by atoms with Crippen molar-refractivity contribution < 1.29 is 0 Å². The van der Waals surface area contributed by atoms with Crippen LogP contribution in [0.4, 0.5) is 5.69 Å². The lowest BCUT2D eigenvalue weighted by atomic mass is 10.2. The van der Waals surface area contributed by atoms with Crippen LogP contribution in [0, 0.1) is 0 Å². The maximum Gasteiger partial charge on any atom is 0.0177 e. The van der Waals surface area contributed by atoms with Crippen molar-refractivity contribution in [1.29, 1.82) is 0 Å². The maximum absolute atomic E-state index is 5.43. The molecule has 1 aromatic rings. The first kappa shape index (κ1) is 7.09. The van der Waals surface area contributed by atoms with E-state index < -0.39 is 0 Å². The van der Waals surface area contributed by atoms with Gasteiger partial charge in [-0.15, -0.1) is 12.7 Å². The molecule has 0 heterocycles. The Balaban J connectivity index is 2.87. The molecule has 0 saturated heterocycles. The molecule has 0 bridgehead atoms. The fourth-order valence-electron chi connectivity index (χ4n) is 0.823. The van der Waals surface area contributed by atoms with Gasteiger partial charge in [-0.3, -0.25) is 0 Å². The van der Waals surface area contributed by atoms with E-state index in [2.05, 4.69) is 5.32 Å². The van der Waals surface area contributed by atoms with E-state index in [4.69, 9.17) is 5.73 Å². The maximum atomic E-state index is 5.43. The van der Waals surface area contributed by atoms with Crippen LogP contribution in [-0.2, 0) is 6.54 Å². The molecule has 2 nitrogen and oxygen atoms in total. The second-order valence-electron chi connectivity index (χ2n) is 2.10. The molecule has 1 aromatic carbocycles. The Morgan fingerprint density at radius 3 is 2.90 bits per heavy atom. The van der Waals surface area contributed by atoms with Crippen LogP contribution in [0.5, 0.6) is 0 Å². The van der Waals surface area contributed by atoms with E-state index in [1.807, 2.05) is 24.3 Å². The fourth-order valence-corrected chi connectivity index (χ4v) is 0.823. The van der Waals surface area contributed by atoms with Crippen molar-refractivity contribution >= 4 is 5.69 Å². The van der Waals surface area contributed by atoms with Crippen LogP contribution in [0.3, 0.4) is 0 Å². The van der Waals surface area contributed by atoms with Gasteiger partial charge < -0.3 is 11.1 Å². The predicted octanol–water partition coefficient (Wildman–Crippen LogP) is 1.78. The van der Waals surface area contributed by atoms with Crippen molar-refractivity contribution in [2.45, 2.75) is 6.54 Å². The van der Waals surface area contributed by atoms with Gasteiger partial charge in [0.05, 0.1) is 0 Å². The van der Waals surface area contributed by atoms with Crippen molar-refractivity contribution in [1.82, 2.24) is 0 Å². The first-order valence-electron chi connectivity index (χ1n) is 3.25. The average Bonchev–Trinajstić information content (AvgIpc) is 2.05. The average molecular weight is 135 g/mol. The summed E-state index contributed by atoms with van der Waals surface area (Å²) in [4.78, 5) is 0. The van der Waals surface area contributed by atoms with Crippen LogP contribution in [0.1, 0.15) is 5.56 Å². The second-order valence-corrected chi connectivity index (χ2v) is 2.10. The smallest absolute Gasteiger partial charge is 0.0177 e. The summed E-state index contributed by atoms with van der Waals surface area (Å²) in [5.41, 5.74) is 7.55. The highest BCUT2D eigenvalue weighted by Crippen LogP contribution is 2.16. The topological polar surface area (TPSA) is 40.1 Å². The zero-order valence-corrected chi connectivity index (χ0v) is 6.04. The van der Waals surface area contributed by atoms with E-state index in [0.29, 0.717) is 6.54 Å². The zero-order valence-electron chi connectivity index (χ0n) is 6.04. The Morgan fingerprint density at radius 2 is 2.30 bits per heavy atom. The Hall–Kier alpha value is -1.02. The normalized spacial score (nSPS) is 9.40. The van der Waals surface area contributed by atoms with Crippen molar-refractivity contribution in [3.8, 4) is 0 Å². The van der Waals surface area contributed by atoms with Crippen molar-refractivity contribution in [2.75, 3.05) is 7.05 Å². The van der Waals surface area contributed by atoms with E-state index in [-0.39, 0.29) is 0 Å². The number of nitrogens with two attached hydrogens (primary N) is 1. The minimum absolute atomic E-state index is 0.587. The van der Waals surface area contributed by atoms with E-state index >= 15 is 0 Å². The summed E-state index contributed by atoms with van der Waals surface area (Å²) in [7, 11) is 1.77. The van der Waals surface area contributed by atoms with Crippen molar-refractivity contribution in [2.24, 2.45) is 5.73 Å². The molecule has 54 valence electrons. The number of hydrogen-bond acceptors (Lipinski definition) is 1. The molecule has 10 heavy (non-hydrogen) atoms. The quantitative estimate of drug-likeness (QED) is 0.659. The molecule has 0 aliphatic heterocycles. The minimum atomic E-state index is 0.587. The molecule has 0 saturated carbocycles. The predicted molar refractivity (Wildman–Crippen MR) is 43.3 cm³/mol. The Bertz CT molecular complexity index is 189. The fraction of sp³-hybridized carbons (Fsp3) is 0.250. The third kappa shape index (κ3) is 1.48. The lowest BCUT2D eigenvalue weighted by molar-refractivity contribution is 1.07. The van der Waals surface area contributed by atoms with Crippen LogP contribution in [0.15, 0.2) is 24.3 Å². The Morgan fingerprint density at radius 1 is 1.50 bits per heavy atom. The summed E-state index contributed by atoms with van der Waals surface area (Å²) in [6.07, 6.45) is 0.